The van der Waals surface area contributed by atoms with Crippen molar-refractivity contribution in [2.45, 2.75) is 0 Å². The number of phenols is 1. The van der Waals surface area contributed by atoms with Crippen LogP contribution >= 0.6 is 0 Å². The van der Waals surface area contributed by atoms with Crippen LogP contribution in [0.25, 0.3) is 0 Å². The molecule has 0 unspecified atom stereocenters. The summed E-state index contributed by atoms with van der Waals surface area (Å²) >= 11 is 0. The van der Waals surface area contributed by atoms with E-state index in [4.69, 9.17) is 28.4 Å². The number of phenolic OH excluding ortho intramolecular Hbond substituents is 1. The van der Waals surface area contributed by atoms with Crippen LogP contribution < -0.4 is 5.73 Å². The van der Waals surface area contributed by atoms with Crippen LogP contribution in [0, 0.1) is 10.1 Å². The molecule has 0 spiro atoms. The van der Waals surface area contributed by atoms with Gasteiger partial charge in [0.1, 0.15) is 5.75 Å². The van der Waals surface area contributed by atoms with Crippen molar-refractivity contribution in [2.24, 2.45) is 0 Å². The van der Waals surface area contributed by atoms with Crippen molar-refractivity contribution in [1.29, 1.82) is 0 Å². The van der Waals surface area contributed by atoms with Gasteiger partial charge in [-0.3, -0.25) is 19.2 Å². The van der Waals surface area contributed by atoms with E-state index in [2.05, 4.69) is 0 Å². The largest absolute Gasteiger partial charge is 0.506 e. The van der Waals surface area contributed by atoms with Crippen LogP contribution in [0.3, 0.4) is 0 Å². The number of nitrogen functional groups attached to an aromatic ring is 1. The minimum absolute atomic E-state index is 0.135. The fraction of sp³-hybridized carbons (Fsp3) is 0. The zero-order valence-electron chi connectivity index (χ0n) is 7.64. The van der Waals surface area contributed by atoms with Crippen molar-refractivity contribution in [3.8, 4) is 5.75 Å². The monoisotopic (exact) mass is 252 g/mol. The second kappa shape index (κ2) is 5.25. The van der Waals surface area contributed by atoms with Crippen LogP contribution in [-0.4, -0.2) is 27.6 Å². The lowest BCUT2D eigenvalue weighted by molar-refractivity contribution is -0.384. The molecule has 0 saturated carbocycles. The van der Waals surface area contributed by atoms with Crippen LogP contribution in [-0.2, 0) is 10.4 Å². The Morgan fingerprint density at radius 2 is 1.75 bits per heavy atom. The Kier molecular flexibility index (Phi) is 4.62. The molecule has 90 valence electrons. The molecular formula is C6H8N2O7S. The summed E-state index contributed by atoms with van der Waals surface area (Å²) in [6, 6.07) is 3.53. The molecular weight excluding hydrogens is 244 g/mol. The molecule has 0 fully saturated rings. The zero-order chi connectivity index (χ0) is 12.9. The number of nitro groups is 1. The molecule has 0 bridgehead atoms. The maximum Gasteiger partial charge on any atom is 0.394 e. The molecule has 16 heavy (non-hydrogen) atoms. The van der Waals surface area contributed by atoms with Crippen LogP contribution in [0.2, 0.25) is 0 Å². The maximum absolute atomic E-state index is 10.1. The highest BCUT2D eigenvalue weighted by Crippen LogP contribution is 2.24. The first-order valence-electron chi connectivity index (χ1n) is 3.54. The predicted molar refractivity (Wildman–Crippen MR) is 53.4 cm³/mol. The van der Waals surface area contributed by atoms with Crippen LogP contribution in [0.15, 0.2) is 18.2 Å². The molecule has 0 radical (unpaired) electrons. The maximum atomic E-state index is 10.1. The summed E-state index contributed by atoms with van der Waals surface area (Å²) in [5, 5.41) is 19.0. The van der Waals surface area contributed by atoms with Crippen molar-refractivity contribution in [3.05, 3.63) is 28.3 Å². The summed E-state index contributed by atoms with van der Waals surface area (Å²) in [7, 11) is -4.67. The van der Waals surface area contributed by atoms with Gasteiger partial charge in [0.25, 0.3) is 5.69 Å². The van der Waals surface area contributed by atoms with Gasteiger partial charge in [-0.15, -0.1) is 0 Å². The molecule has 0 amide bonds. The van der Waals surface area contributed by atoms with Gasteiger partial charge in [-0.1, -0.05) is 0 Å². The summed E-state index contributed by atoms with van der Waals surface area (Å²) in [5.41, 5.74) is 5.18. The average molecular weight is 252 g/mol. The van der Waals surface area contributed by atoms with Gasteiger partial charge in [-0.05, 0) is 6.07 Å². The van der Waals surface area contributed by atoms with Crippen molar-refractivity contribution in [2.75, 3.05) is 5.73 Å². The fourth-order valence-electron chi connectivity index (χ4n) is 0.646. The molecule has 1 aromatic rings. The highest BCUT2D eigenvalue weighted by atomic mass is 32.3. The van der Waals surface area contributed by atoms with E-state index in [1.807, 2.05) is 0 Å². The highest BCUT2D eigenvalue weighted by molar-refractivity contribution is 7.79. The quantitative estimate of drug-likeness (QED) is 0.181. The van der Waals surface area contributed by atoms with Gasteiger partial charge in [0.15, 0.2) is 0 Å². The van der Waals surface area contributed by atoms with E-state index in [1.165, 1.54) is 12.1 Å². The Morgan fingerprint density at radius 3 is 2.06 bits per heavy atom. The van der Waals surface area contributed by atoms with E-state index >= 15 is 0 Å². The second-order valence-electron chi connectivity index (χ2n) is 2.45. The molecule has 0 aromatic heterocycles. The number of anilines is 1. The topological polar surface area (TPSA) is 164 Å². The lowest BCUT2D eigenvalue weighted by atomic mass is 10.3. The molecule has 5 N–H and O–H groups in total. The molecule has 0 heterocycles. The summed E-state index contributed by atoms with van der Waals surface area (Å²) in [6.07, 6.45) is 0. The van der Waals surface area contributed by atoms with E-state index in [9.17, 15) is 10.1 Å². The molecule has 0 aliphatic rings. The number of nitrogens with two attached hydrogens (primary N) is 1. The van der Waals surface area contributed by atoms with Crippen LogP contribution in [0.1, 0.15) is 0 Å². The second-order valence-corrected chi connectivity index (χ2v) is 3.34. The Morgan fingerprint density at radius 1 is 1.31 bits per heavy atom. The van der Waals surface area contributed by atoms with Crippen molar-refractivity contribution in [3.63, 3.8) is 0 Å². The van der Waals surface area contributed by atoms with Crippen LogP contribution in [0.4, 0.5) is 11.4 Å². The summed E-state index contributed by atoms with van der Waals surface area (Å²) in [4.78, 5) is 9.52. The van der Waals surface area contributed by atoms with E-state index < -0.39 is 15.3 Å². The SMILES string of the molecule is Nc1ccc([N+](=O)[O-])cc1O.O=S(=O)(O)O. The third-order valence-electron chi connectivity index (χ3n) is 1.22. The first kappa shape index (κ1) is 14.1. The van der Waals surface area contributed by atoms with Gasteiger partial charge in [0.2, 0.25) is 0 Å². The Labute approximate surface area is 89.9 Å². The molecule has 0 saturated heterocycles. The molecule has 10 heteroatoms. The third kappa shape index (κ3) is 6.53. The molecule has 0 aliphatic carbocycles. The normalized spacial score (nSPS) is 10.1. The first-order valence-corrected chi connectivity index (χ1v) is 4.93. The molecule has 0 aliphatic heterocycles. The zero-order valence-corrected chi connectivity index (χ0v) is 8.46. The number of benzene rings is 1. The number of aromatic hydroxyl groups is 1. The summed E-state index contributed by atoms with van der Waals surface area (Å²) < 4.78 is 31.6. The van der Waals surface area contributed by atoms with Gasteiger partial charge in [-0.25, -0.2) is 0 Å². The highest BCUT2D eigenvalue weighted by Gasteiger charge is 2.06. The van der Waals surface area contributed by atoms with Crippen LogP contribution in [0.5, 0.6) is 5.75 Å². The molecule has 0 atom stereocenters. The first-order chi connectivity index (χ1) is 7.11. The van der Waals surface area contributed by atoms with Gasteiger partial charge in [-0.2, -0.15) is 8.42 Å². The van der Waals surface area contributed by atoms with E-state index in [-0.39, 0.29) is 17.1 Å². The Bertz CT molecular complexity index is 476. The van der Waals surface area contributed by atoms with E-state index in [0.29, 0.717) is 0 Å². The van der Waals surface area contributed by atoms with Crippen molar-refractivity contribution >= 4 is 21.8 Å². The Hall–Kier alpha value is -1.91. The number of nitro benzene ring substituents is 1. The predicted octanol–water partition coefficient (Wildman–Crippen LogP) is 0.230. The smallest absolute Gasteiger partial charge is 0.394 e. The average Bonchev–Trinajstić information content (AvgIpc) is 2.06. The molecule has 1 rings (SSSR count). The number of rotatable bonds is 1. The van der Waals surface area contributed by atoms with E-state index in [0.717, 1.165) is 6.07 Å². The lowest BCUT2D eigenvalue weighted by Crippen LogP contribution is -1.89. The third-order valence-corrected chi connectivity index (χ3v) is 1.22. The Balaban J connectivity index is 0.000000385. The van der Waals surface area contributed by atoms with Gasteiger partial charge < -0.3 is 10.8 Å². The molecule has 9 nitrogen and oxygen atoms in total. The van der Waals surface area contributed by atoms with Crippen molar-refractivity contribution < 1.29 is 27.6 Å². The van der Waals surface area contributed by atoms with Crippen molar-refractivity contribution in [1.82, 2.24) is 0 Å². The standard InChI is InChI=1S/C6H6N2O3.H2O4S/c7-5-2-1-4(8(10)11)3-6(5)9;1-5(2,3)4/h1-3,9H,7H2;(H2,1,2,3,4). The number of non-ortho nitro benzene ring substituents is 1. The summed E-state index contributed by atoms with van der Waals surface area (Å²) in [6.45, 7) is 0. The lowest BCUT2D eigenvalue weighted by Gasteiger charge is -1.95. The number of hydrogen-bond acceptors (Lipinski definition) is 6. The van der Waals surface area contributed by atoms with E-state index in [1.54, 1.807) is 0 Å². The molecule has 1 aromatic carbocycles. The fourth-order valence-corrected chi connectivity index (χ4v) is 0.646. The van der Waals surface area contributed by atoms with Gasteiger partial charge in [0, 0.05) is 6.07 Å². The minimum Gasteiger partial charge on any atom is -0.506 e. The van der Waals surface area contributed by atoms with Gasteiger partial charge >= 0.3 is 10.4 Å². The number of nitrogens with zero attached hydrogens (tertiary/aromatic N) is 1. The van der Waals surface area contributed by atoms with Gasteiger partial charge in [0.05, 0.1) is 16.7 Å². The number of hydrogen-bond donors (Lipinski definition) is 4. The summed E-state index contributed by atoms with van der Waals surface area (Å²) in [5.74, 6) is -0.265. The minimum atomic E-state index is -4.67.